The summed E-state index contributed by atoms with van der Waals surface area (Å²) in [6.07, 6.45) is 0.964. The van der Waals surface area contributed by atoms with Crippen LogP contribution in [0.15, 0.2) is 66.7 Å². The summed E-state index contributed by atoms with van der Waals surface area (Å²) in [6, 6.07) is 22.7. The average molecular weight is 346 g/mol. The first kappa shape index (κ1) is 17.9. The van der Waals surface area contributed by atoms with Gasteiger partial charge < -0.3 is 10.2 Å². The third-order valence-electron chi connectivity index (χ3n) is 4.39. The first-order chi connectivity index (χ1) is 12.8. The third-order valence-corrected chi connectivity index (χ3v) is 4.39. The zero-order chi connectivity index (χ0) is 18.2. The maximum Gasteiger partial charge on any atom is 0.163 e. The number of nitrogens with zero attached hydrogens (tertiary/aromatic N) is 3. The van der Waals surface area contributed by atoms with E-state index in [9.17, 15) is 0 Å². The lowest BCUT2D eigenvalue weighted by atomic mass is 10.1. The van der Waals surface area contributed by atoms with E-state index in [1.165, 1.54) is 5.56 Å². The molecule has 0 aliphatic heterocycles. The SMILES string of the molecule is CCN(CC)c1cc(NCCc2ccccc2)nc(-c2ccccc2)n1. The number of hydrogen-bond acceptors (Lipinski definition) is 4. The molecular weight excluding hydrogens is 320 g/mol. The predicted octanol–water partition coefficient (Wildman–Crippen LogP) is 4.64. The van der Waals surface area contributed by atoms with Crippen LogP contribution in [0.4, 0.5) is 11.6 Å². The van der Waals surface area contributed by atoms with Crippen molar-refractivity contribution < 1.29 is 0 Å². The summed E-state index contributed by atoms with van der Waals surface area (Å²) >= 11 is 0. The second kappa shape index (κ2) is 8.99. The van der Waals surface area contributed by atoms with Gasteiger partial charge in [-0.05, 0) is 25.8 Å². The molecule has 134 valence electrons. The molecule has 0 radical (unpaired) electrons. The van der Waals surface area contributed by atoms with Gasteiger partial charge in [0.1, 0.15) is 11.6 Å². The number of aromatic nitrogens is 2. The number of rotatable bonds is 8. The molecule has 3 aromatic rings. The Morgan fingerprint density at radius 2 is 1.50 bits per heavy atom. The van der Waals surface area contributed by atoms with Crippen LogP contribution < -0.4 is 10.2 Å². The molecule has 1 aromatic heterocycles. The Kier molecular flexibility index (Phi) is 6.20. The van der Waals surface area contributed by atoms with Crippen molar-refractivity contribution in [2.45, 2.75) is 20.3 Å². The Hall–Kier alpha value is -2.88. The predicted molar refractivity (Wildman–Crippen MR) is 110 cm³/mol. The quantitative estimate of drug-likeness (QED) is 0.645. The summed E-state index contributed by atoms with van der Waals surface area (Å²) in [4.78, 5) is 11.8. The van der Waals surface area contributed by atoms with E-state index >= 15 is 0 Å². The van der Waals surface area contributed by atoms with Crippen LogP contribution in [0.25, 0.3) is 11.4 Å². The third kappa shape index (κ3) is 4.60. The highest BCUT2D eigenvalue weighted by Crippen LogP contribution is 2.22. The van der Waals surface area contributed by atoms with Crippen LogP contribution in [0.3, 0.4) is 0 Å². The largest absolute Gasteiger partial charge is 0.370 e. The molecule has 0 bridgehead atoms. The Labute approximate surface area is 155 Å². The minimum atomic E-state index is 0.761. The summed E-state index contributed by atoms with van der Waals surface area (Å²) in [5.41, 5.74) is 2.36. The minimum Gasteiger partial charge on any atom is -0.370 e. The molecular formula is C22H26N4. The maximum atomic E-state index is 4.79. The van der Waals surface area contributed by atoms with Crippen molar-refractivity contribution in [3.63, 3.8) is 0 Å². The molecule has 0 aliphatic carbocycles. The lowest BCUT2D eigenvalue weighted by Crippen LogP contribution is -2.23. The monoisotopic (exact) mass is 346 g/mol. The number of hydrogen-bond donors (Lipinski definition) is 1. The van der Waals surface area contributed by atoms with Gasteiger partial charge in [-0.15, -0.1) is 0 Å². The highest BCUT2D eigenvalue weighted by molar-refractivity contribution is 5.61. The van der Waals surface area contributed by atoms with Crippen molar-refractivity contribution in [2.24, 2.45) is 0 Å². The van der Waals surface area contributed by atoms with Crippen LogP contribution in [-0.4, -0.2) is 29.6 Å². The molecule has 0 spiro atoms. The van der Waals surface area contributed by atoms with Crippen molar-refractivity contribution >= 4 is 11.6 Å². The van der Waals surface area contributed by atoms with Gasteiger partial charge >= 0.3 is 0 Å². The molecule has 1 N–H and O–H groups in total. The molecule has 0 aliphatic rings. The average Bonchev–Trinajstić information content (AvgIpc) is 2.70. The Morgan fingerprint density at radius 3 is 2.15 bits per heavy atom. The van der Waals surface area contributed by atoms with Gasteiger partial charge in [0.15, 0.2) is 5.82 Å². The molecule has 4 nitrogen and oxygen atoms in total. The van der Waals surface area contributed by atoms with E-state index in [4.69, 9.17) is 9.97 Å². The molecule has 0 unspecified atom stereocenters. The summed E-state index contributed by atoms with van der Waals surface area (Å²) in [5.74, 6) is 2.60. The van der Waals surface area contributed by atoms with Gasteiger partial charge in [-0.2, -0.15) is 0 Å². The molecule has 0 amide bonds. The summed E-state index contributed by atoms with van der Waals surface area (Å²) in [6.45, 7) is 6.98. The zero-order valence-corrected chi connectivity index (χ0v) is 15.5. The van der Waals surface area contributed by atoms with Crippen LogP contribution in [0.1, 0.15) is 19.4 Å². The molecule has 4 heteroatoms. The highest BCUT2D eigenvalue weighted by atomic mass is 15.2. The van der Waals surface area contributed by atoms with Gasteiger partial charge in [-0.3, -0.25) is 0 Å². The second-order valence-electron chi connectivity index (χ2n) is 6.14. The molecule has 0 atom stereocenters. The van der Waals surface area contributed by atoms with E-state index in [1.807, 2.05) is 30.3 Å². The lowest BCUT2D eigenvalue weighted by Gasteiger charge is -2.21. The van der Waals surface area contributed by atoms with Crippen LogP contribution in [0.5, 0.6) is 0 Å². The number of benzene rings is 2. The van der Waals surface area contributed by atoms with Crippen molar-refractivity contribution in [1.29, 1.82) is 0 Å². The fraction of sp³-hybridized carbons (Fsp3) is 0.273. The molecule has 0 saturated carbocycles. The second-order valence-corrected chi connectivity index (χ2v) is 6.14. The molecule has 0 fully saturated rings. The number of nitrogens with one attached hydrogen (secondary N) is 1. The van der Waals surface area contributed by atoms with Crippen LogP contribution >= 0.6 is 0 Å². The van der Waals surface area contributed by atoms with Crippen LogP contribution in [-0.2, 0) is 6.42 Å². The smallest absolute Gasteiger partial charge is 0.163 e. The van der Waals surface area contributed by atoms with E-state index in [-0.39, 0.29) is 0 Å². The Bertz CT molecular complexity index is 799. The van der Waals surface area contributed by atoms with Gasteiger partial charge in [0.2, 0.25) is 0 Å². The molecule has 2 aromatic carbocycles. The van der Waals surface area contributed by atoms with Crippen LogP contribution in [0.2, 0.25) is 0 Å². The fourth-order valence-electron chi connectivity index (χ4n) is 2.93. The van der Waals surface area contributed by atoms with Crippen molar-refractivity contribution in [1.82, 2.24) is 9.97 Å². The van der Waals surface area contributed by atoms with Gasteiger partial charge in [0.05, 0.1) is 0 Å². The number of anilines is 2. The van der Waals surface area contributed by atoms with Gasteiger partial charge in [-0.1, -0.05) is 60.7 Å². The standard InChI is InChI=1S/C22H26N4/c1-3-26(4-2)21-17-20(23-16-15-18-11-7-5-8-12-18)24-22(25-21)19-13-9-6-10-14-19/h5-14,17H,3-4,15-16H2,1-2H3,(H,23,24,25). The van der Waals surface area contributed by atoms with Gasteiger partial charge in [0, 0.05) is 31.3 Å². The summed E-state index contributed by atoms with van der Waals surface area (Å²) < 4.78 is 0. The van der Waals surface area contributed by atoms with Gasteiger partial charge in [0.25, 0.3) is 0 Å². The van der Waals surface area contributed by atoms with E-state index in [0.717, 1.165) is 49.1 Å². The van der Waals surface area contributed by atoms with E-state index in [0.29, 0.717) is 0 Å². The Morgan fingerprint density at radius 1 is 0.846 bits per heavy atom. The topological polar surface area (TPSA) is 41.0 Å². The molecule has 26 heavy (non-hydrogen) atoms. The summed E-state index contributed by atoms with van der Waals surface area (Å²) in [5, 5.41) is 3.47. The normalized spacial score (nSPS) is 10.5. The highest BCUT2D eigenvalue weighted by Gasteiger charge is 2.10. The fourth-order valence-corrected chi connectivity index (χ4v) is 2.93. The molecule has 1 heterocycles. The lowest BCUT2D eigenvalue weighted by molar-refractivity contribution is 0.842. The molecule has 3 rings (SSSR count). The molecule has 0 saturated heterocycles. The van der Waals surface area contributed by atoms with E-state index < -0.39 is 0 Å². The van der Waals surface area contributed by atoms with Crippen LogP contribution in [0, 0.1) is 0 Å². The van der Waals surface area contributed by atoms with Crippen molar-refractivity contribution in [3.8, 4) is 11.4 Å². The summed E-state index contributed by atoms with van der Waals surface area (Å²) in [7, 11) is 0. The zero-order valence-electron chi connectivity index (χ0n) is 15.5. The first-order valence-electron chi connectivity index (χ1n) is 9.27. The Balaban J connectivity index is 1.82. The van der Waals surface area contributed by atoms with E-state index in [2.05, 4.69) is 60.5 Å². The van der Waals surface area contributed by atoms with Crippen molar-refractivity contribution in [3.05, 3.63) is 72.3 Å². The first-order valence-corrected chi connectivity index (χ1v) is 9.27. The van der Waals surface area contributed by atoms with E-state index in [1.54, 1.807) is 0 Å². The van der Waals surface area contributed by atoms with Gasteiger partial charge in [-0.25, -0.2) is 9.97 Å². The van der Waals surface area contributed by atoms with Crippen molar-refractivity contribution in [2.75, 3.05) is 29.9 Å². The maximum absolute atomic E-state index is 4.79. The minimum absolute atomic E-state index is 0.761.